The maximum absolute atomic E-state index is 13.1. The number of likely N-dealkylation sites (N-methyl/N-ethyl adjacent to an activating group) is 1. The first-order valence-corrected chi connectivity index (χ1v) is 5.52. The molecule has 1 aromatic carbocycles. The predicted octanol–water partition coefficient (Wildman–Crippen LogP) is 1.18. The van der Waals surface area contributed by atoms with E-state index in [0.29, 0.717) is 6.07 Å². The van der Waals surface area contributed by atoms with Gasteiger partial charge in [0.15, 0.2) is 11.6 Å². The largest absolute Gasteiger partial charge is 0.465 e. The predicted molar refractivity (Wildman–Crippen MR) is 64.4 cm³/mol. The minimum Gasteiger partial charge on any atom is -0.465 e. The van der Waals surface area contributed by atoms with E-state index in [2.05, 4.69) is 4.74 Å². The number of anilines is 1. The Kier molecular flexibility index (Phi) is 4.80. The Labute approximate surface area is 108 Å². The molecule has 1 aromatic rings. The van der Waals surface area contributed by atoms with Crippen molar-refractivity contribution < 1.29 is 23.1 Å². The van der Waals surface area contributed by atoms with Gasteiger partial charge in [0.05, 0.1) is 12.2 Å². The van der Waals surface area contributed by atoms with Gasteiger partial charge >= 0.3 is 5.97 Å². The van der Waals surface area contributed by atoms with Crippen LogP contribution >= 0.6 is 0 Å². The highest BCUT2D eigenvalue weighted by Crippen LogP contribution is 2.18. The van der Waals surface area contributed by atoms with E-state index in [1.54, 1.807) is 6.92 Å². The maximum Gasteiger partial charge on any atom is 0.325 e. The summed E-state index contributed by atoms with van der Waals surface area (Å²) >= 11 is 0. The Morgan fingerprint density at radius 1 is 1.32 bits per heavy atom. The summed E-state index contributed by atoms with van der Waals surface area (Å²) in [5, 5.41) is 0. The molecule has 0 bridgehead atoms. The van der Waals surface area contributed by atoms with Gasteiger partial charge in [-0.1, -0.05) is 0 Å². The lowest BCUT2D eigenvalue weighted by Crippen LogP contribution is -2.33. The first kappa shape index (κ1) is 14.9. The first-order valence-electron chi connectivity index (χ1n) is 5.52. The van der Waals surface area contributed by atoms with Crippen molar-refractivity contribution in [1.82, 2.24) is 4.90 Å². The van der Waals surface area contributed by atoms with Crippen molar-refractivity contribution in [1.29, 1.82) is 0 Å². The molecular formula is C12H14F2N2O3. The molecule has 0 spiro atoms. The topological polar surface area (TPSA) is 72.6 Å². The monoisotopic (exact) mass is 272 g/mol. The lowest BCUT2D eigenvalue weighted by molar-refractivity contribution is -0.143. The third-order valence-electron chi connectivity index (χ3n) is 2.34. The molecule has 0 unspecified atom stereocenters. The molecule has 0 saturated heterocycles. The van der Waals surface area contributed by atoms with Gasteiger partial charge in [0.2, 0.25) is 0 Å². The van der Waals surface area contributed by atoms with Gasteiger partial charge in [-0.3, -0.25) is 9.59 Å². The van der Waals surface area contributed by atoms with Crippen LogP contribution in [0, 0.1) is 11.6 Å². The van der Waals surface area contributed by atoms with E-state index in [4.69, 9.17) is 5.73 Å². The van der Waals surface area contributed by atoms with Crippen LogP contribution in [0.2, 0.25) is 0 Å². The summed E-state index contributed by atoms with van der Waals surface area (Å²) < 4.78 is 30.6. The highest BCUT2D eigenvalue weighted by Gasteiger charge is 2.20. The highest BCUT2D eigenvalue weighted by molar-refractivity contribution is 6.00. The molecule has 0 atom stereocenters. The minimum absolute atomic E-state index is 0.189. The fourth-order valence-electron chi connectivity index (χ4n) is 1.43. The third kappa shape index (κ3) is 3.64. The fraction of sp³-hybridized carbons (Fsp3) is 0.333. The molecule has 0 saturated carbocycles. The number of hydrogen-bond donors (Lipinski definition) is 1. The smallest absolute Gasteiger partial charge is 0.325 e. The maximum atomic E-state index is 13.1. The molecule has 1 amide bonds. The number of nitrogens with two attached hydrogens (primary N) is 1. The second kappa shape index (κ2) is 6.12. The lowest BCUT2D eigenvalue weighted by Gasteiger charge is -2.17. The summed E-state index contributed by atoms with van der Waals surface area (Å²) in [5.74, 6) is -3.60. The van der Waals surface area contributed by atoms with Crippen molar-refractivity contribution in [2.75, 3.05) is 25.9 Å². The number of benzene rings is 1. The molecular weight excluding hydrogens is 258 g/mol. The molecule has 19 heavy (non-hydrogen) atoms. The average molecular weight is 272 g/mol. The zero-order valence-electron chi connectivity index (χ0n) is 10.6. The Balaban J connectivity index is 2.88. The van der Waals surface area contributed by atoms with Crippen LogP contribution in [0.5, 0.6) is 0 Å². The van der Waals surface area contributed by atoms with Gasteiger partial charge in [-0.15, -0.1) is 0 Å². The van der Waals surface area contributed by atoms with E-state index >= 15 is 0 Å². The molecule has 0 aliphatic carbocycles. The first-order chi connectivity index (χ1) is 8.86. The number of halogens is 2. The molecule has 1 rings (SSSR count). The number of nitrogen functional groups attached to an aromatic ring is 1. The fourth-order valence-corrected chi connectivity index (χ4v) is 1.43. The van der Waals surface area contributed by atoms with Gasteiger partial charge < -0.3 is 15.4 Å². The van der Waals surface area contributed by atoms with E-state index in [1.165, 1.54) is 7.05 Å². The van der Waals surface area contributed by atoms with Crippen molar-refractivity contribution in [2.45, 2.75) is 6.92 Å². The van der Waals surface area contributed by atoms with Gasteiger partial charge in [0, 0.05) is 18.8 Å². The van der Waals surface area contributed by atoms with Crippen LogP contribution in [0.15, 0.2) is 12.1 Å². The Bertz CT molecular complexity index is 506. The molecule has 0 fully saturated rings. The number of nitrogens with zero attached hydrogens (tertiary/aromatic N) is 1. The van der Waals surface area contributed by atoms with Crippen molar-refractivity contribution in [2.24, 2.45) is 0 Å². The van der Waals surface area contributed by atoms with Crippen molar-refractivity contribution in [3.8, 4) is 0 Å². The Morgan fingerprint density at radius 3 is 2.47 bits per heavy atom. The zero-order chi connectivity index (χ0) is 14.6. The minimum atomic E-state index is -1.18. The normalized spacial score (nSPS) is 10.1. The summed E-state index contributed by atoms with van der Waals surface area (Å²) in [6.07, 6.45) is 0. The zero-order valence-corrected chi connectivity index (χ0v) is 10.6. The summed E-state index contributed by atoms with van der Waals surface area (Å²) in [6, 6.07) is 1.43. The molecule has 0 radical (unpaired) electrons. The lowest BCUT2D eigenvalue weighted by atomic mass is 10.1. The number of rotatable bonds is 4. The van der Waals surface area contributed by atoms with Crippen LogP contribution in [0.1, 0.15) is 17.3 Å². The second-order valence-corrected chi connectivity index (χ2v) is 3.82. The Morgan fingerprint density at radius 2 is 1.89 bits per heavy atom. The molecule has 0 heterocycles. The van der Waals surface area contributed by atoms with Gasteiger partial charge in [0.25, 0.3) is 5.91 Å². The number of hydrogen-bond acceptors (Lipinski definition) is 4. The van der Waals surface area contributed by atoms with E-state index in [9.17, 15) is 18.4 Å². The second-order valence-electron chi connectivity index (χ2n) is 3.82. The van der Waals surface area contributed by atoms with Gasteiger partial charge in [-0.05, 0) is 13.0 Å². The average Bonchev–Trinajstić information content (AvgIpc) is 2.33. The molecule has 5 nitrogen and oxygen atoms in total. The molecule has 0 aliphatic rings. The number of ether oxygens (including phenoxy) is 1. The summed E-state index contributed by atoms with van der Waals surface area (Å²) in [7, 11) is 1.33. The quantitative estimate of drug-likeness (QED) is 0.660. The van der Waals surface area contributed by atoms with Crippen molar-refractivity contribution in [3.63, 3.8) is 0 Å². The molecule has 104 valence electrons. The number of carbonyl (C=O) groups excluding carboxylic acids is 2. The van der Waals surface area contributed by atoms with E-state index in [0.717, 1.165) is 11.0 Å². The van der Waals surface area contributed by atoms with Crippen LogP contribution in [-0.2, 0) is 9.53 Å². The Hall–Kier alpha value is -2.18. The summed E-state index contributed by atoms with van der Waals surface area (Å²) in [4.78, 5) is 24.1. The molecule has 0 aromatic heterocycles. The summed E-state index contributed by atoms with van der Waals surface area (Å²) in [6.45, 7) is 1.52. The third-order valence-corrected chi connectivity index (χ3v) is 2.34. The van der Waals surface area contributed by atoms with Gasteiger partial charge in [-0.2, -0.15) is 0 Å². The van der Waals surface area contributed by atoms with E-state index in [-0.39, 0.29) is 24.4 Å². The van der Waals surface area contributed by atoms with Crippen LogP contribution in [0.25, 0.3) is 0 Å². The number of carbonyl (C=O) groups is 2. The number of esters is 1. The highest BCUT2D eigenvalue weighted by atomic mass is 19.2. The van der Waals surface area contributed by atoms with Crippen molar-refractivity contribution in [3.05, 3.63) is 29.3 Å². The van der Waals surface area contributed by atoms with Crippen LogP contribution < -0.4 is 5.73 Å². The summed E-state index contributed by atoms with van der Waals surface area (Å²) in [5.41, 5.74) is 5.05. The SMILES string of the molecule is CCOC(=O)CN(C)C(=O)c1cc(F)c(F)cc1N. The van der Waals surface area contributed by atoms with Crippen LogP contribution in [-0.4, -0.2) is 37.0 Å². The van der Waals surface area contributed by atoms with Crippen LogP contribution in [0.4, 0.5) is 14.5 Å². The van der Waals surface area contributed by atoms with E-state index in [1.807, 2.05) is 0 Å². The van der Waals surface area contributed by atoms with E-state index < -0.39 is 23.5 Å². The standard InChI is InChI=1S/C12H14F2N2O3/c1-3-19-11(17)6-16(2)12(18)7-4-8(13)9(14)5-10(7)15/h4-5H,3,6,15H2,1-2H3. The van der Waals surface area contributed by atoms with Crippen molar-refractivity contribution >= 4 is 17.6 Å². The molecule has 0 aliphatic heterocycles. The number of amides is 1. The van der Waals surface area contributed by atoms with Gasteiger partial charge in [0.1, 0.15) is 6.54 Å². The molecule has 7 heteroatoms. The van der Waals surface area contributed by atoms with Crippen LogP contribution in [0.3, 0.4) is 0 Å². The van der Waals surface area contributed by atoms with Gasteiger partial charge in [-0.25, -0.2) is 8.78 Å². The molecule has 2 N–H and O–H groups in total.